The number of unbranched alkanes of at least 4 members (excludes halogenated alkanes) is 1. The van der Waals surface area contributed by atoms with E-state index in [1.54, 1.807) is 0 Å². The number of benzene rings is 1. The summed E-state index contributed by atoms with van der Waals surface area (Å²) < 4.78 is 50.3. The van der Waals surface area contributed by atoms with Crippen LogP contribution in [-0.4, -0.2) is 30.1 Å². The number of amides is 1. The topological polar surface area (TPSA) is 20.3 Å². The van der Waals surface area contributed by atoms with E-state index in [1.165, 1.54) is 18.2 Å². The quantitative estimate of drug-likeness (QED) is 0.734. The third-order valence-electron chi connectivity index (χ3n) is 2.75. The van der Waals surface area contributed by atoms with Crippen molar-refractivity contribution in [1.29, 1.82) is 0 Å². The summed E-state index contributed by atoms with van der Waals surface area (Å²) in [5.74, 6) is -1.15. The van der Waals surface area contributed by atoms with Crippen molar-refractivity contribution in [3.63, 3.8) is 0 Å². The number of carbonyl (C=O) groups is 1. The molecule has 0 N–H and O–H groups in total. The molecular weight excluding hydrogens is 274 g/mol. The molecule has 0 saturated carbocycles. The molecule has 0 unspecified atom stereocenters. The van der Waals surface area contributed by atoms with Crippen molar-refractivity contribution in [2.75, 3.05) is 13.1 Å². The van der Waals surface area contributed by atoms with Crippen molar-refractivity contribution in [3.8, 4) is 0 Å². The number of hydrogen-bond donors (Lipinski definition) is 0. The Kier molecular flexibility index (Phi) is 5.98. The van der Waals surface area contributed by atoms with Gasteiger partial charge in [0.1, 0.15) is 12.4 Å². The molecule has 0 saturated heterocycles. The van der Waals surface area contributed by atoms with Crippen LogP contribution in [0.3, 0.4) is 0 Å². The average molecular weight is 291 g/mol. The molecule has 1 aromatic rings. The van der Waals surface area contributed by atoms with Crippen LogP contribution >= 0.6 is 0 Å². The molecule has 2 nitrogen and oxygen atoms in total. The van der Waals surface area contributed by atoms with Crippen molar-refractivity contribution < 1.29 is 22.4 Å². The first-order chi connectivity index (χ1) is 9.31. The van der Waals surface area contributed by atoms with Gasteiger partial charge in [0.05, 0.1) is 6.42 Å². The van der Waals surface area contributed by atoms with E-state index in [-0.39, 0.29) is 13.0 Å². The summed E-state index contributed by atoms with van der Waals surface area (Å²) in [7, 11) is 0. The molecular formula is C14H17F4NO. The van der Waals surface area contributed by atoms with Crippen molar-refractivity contribution in [2.24, 2.45) is 0 Å². The predicted molar refractivity (Wildman–Crippen MR) is 67.6 cm³/mol. The Labute approximate surface area is 115 Å². The summed E-state index contributed by atoms with van der Waals surface area (Å²) in [6, 6.07) is 5.33. The van der Waals surface area contributed by atoms with Crippen LogP contribution in [0.15, 0.2) is 24.3 Å². The molecule has 0 aliphatic carbocycles. The Morgan fingerprint density at radius 2 is 2.00 bits per heavy atom. The van der Waals surface area contributed by atoms with Gasteiger partial charge in [0.15, 0.2) is 0 Å². The van der Waals surface area contributed by atoms with Crippen molar-refractivity contribution >= 4 is 5.91 Å². The van der Waals surface area contributed by atoms with Gasteiger partial charge in [0.25, 0.3) is 0 Å². The Balaban J connectivity index is 2.71. The SMILES string of the molecule is CCCCN(CC(F)(F)F)C(=O)Cc1cccc(F)c1. The molecule has 0 aliphatic heterocycles. The molecule has 0 fully saturated rings. The number of halogens is 4. The van der Waals surface area contributed by atoms with E-state index in [9.17, 15) is 22.4 Å². The summed E-state index contributed by atoms with van der Waals surface area (Å²) in [5, 5.41) is 0. The van der Waals surface area contributed by atoms with Gasteiger partial charge in [0.2, 0.25) is 5.91 Å². The zero-order valence-corrected chi connectivity index (χ0v) is 11.2. The molecule has 0 aromatic heterocycles. The third-order valence-corrected chi connectivity index (χ3v) is 2.75. The van der Waals surface area contributed by atoms with Crippen LogP contribution in [0.2, 0.25) is 0 Å². The molecule has 6 heteroatoms. The lowest BCUT2D eigenvalue weighted by molar-refractivity contribution is -0.160. The van der Waals surface area contributed by atoms with Crippen LogP contribution in [0.1, 0.15) is 25.3 Å². The first-order valence-corrected chi connectivity index (χ1v) is 6.41. The maximum absolute atomic E-state index is 13.0. The Hall–Kier alpha value is -1.59. The second kappa shape index (κ2) is 7.26. The van der Waals surface area contributed by atoms with Gasteiger partial charge in [-0.05, 0) is 24.1 Å². The fourth-order valence-electron chi connectivity index (χ4n) is 1.79. The zero-order valence-electron chi connectivity index (χ0n) is 11.2. The maximum Gasteiger partial charge on any atom is 0.406 e. The summed E-state index contributed by atoms with van der Waals surface area (Å²) in [6.07, 6.45) is -3.45. The highest BCUT2D eigenvalue weighted by Crippen LogP contribution is 2.18. The summed E-state index contributed by atoms with van der Waals surface area (Å²) in [4.78, 5) is 12.7. The van der Waals surface area contributed by atoms with Gasteiger partial charge in [0, 0.05) is 6.54 Å². The molecule has 0 spiro atoms. The van der Waals surface area contributed by atoms with Crippen molar-refractivity contribution in [1.82, 2.24) is 4.90 Å². The first kappa shape index (κ1) is 16.5. The minimum Gasteiger partial charge on any atom is -0.333 e. The van der Waals surface area contributed by atoms with E-state index in [4.69, 9.17) is 0 Å². The fraction of sp³-hybridized carbons (Fsp3) is 0.500. The third kappa shape index (κ3) is 6.04. The summed E-state index contributed by atoms with van der Waals surface area (Å²) in [5.41, 5.74) is 0.374. The first-order valence-electron chi connectivity index (χ1n) is 6.41. The molecule has 112 valence electrons. The second-order valence-corrected chi connectivity index (χ2v) is 4.59. The lowest BCUT2D eigenvalue weighted by atomic mass is 10.1. The number of nitrogens with zero attached hydrogens (tertiary/aromatic N) is 1. The Morgan fingerprint density at radius 3 is 2.55 bits per heavy atom. The molecule has 0 heterocycles. The van der Waals surface area contributed by atoms with E-state index >= 15 is 0 Å². The molecule has 0 aliphatic rings. The normalized spacial score (nSPS) is 11.4. The van der Waals surface area contributed by atoms with E-state index < -0.39 is 24.4 Å². The fourth-order valence-corrected chi connectivity index (χ4v) is 1.79. The largest absolute Gasteiger partial charge is 0.406 e. The average Bonchev–Trinajstić information content (AvgIpc) is 2.33. The van der Waals surface area contributed by atoms with E-state index in [1.807, 2.05) is 6.92 Å². The lowest BCUT2D eigenvalue weighted by Gasteiger charge is -2.24. The van der Waals surface area contributed by atoms with E-state index in [2.05, 4.69) is 0 Å². The van der Waals surface area contributed by atoms with Gasteiger partial charge in [-0.1, -0.05) is 25.5 Å². The summed E-state index contributed by atoms with van der Waals surface area (Å²) in [6.45, 7) is 0.633. The maximum atomic E-state index is 13.0. The van der Waals surface area contributed by atoms with Gasteiger partial charge < -0.3 is 4.90 Å². The second-order valence-electron chi connectivity index (χ2n) is 4.59. The van der Waals surface area contributed by atoms with Crippen LogP contribution in [0.4, 0.5) is 17.6 Å². The lowest BCUT2D eigenvalue weighted by Crippen LogP contribution is -2.40. The smallest absolute Gasteiger partial charge is 0.333 e. The van der Waals surface area contributed by atoms with Crippen LogP contribution in [0.25, 0.3) is 0 Å². The van der Waals surface area contributed by atoms with Crippen LogP contribution in [0.5, 0.6) is 0 Å². The minimum atomic E-state index is -4.43. The van der Waals surface area contributed by atoms with Gasteiger partial charge in [-0.2, -0.15) is 13.2 Å². The zero-order chi connectivity index (χ0) is 15.2. The van der Waals surface area contributed by atoms with Crippen molar-refractivity contribution in [3.05, 3.63) is 35.6 Å². The molecule has 0 bridgehead atoms. The van der Waals surface area contributed by atoms with Gasteiger partial charge >= 0.3 is 6.18 Å². The number of hydrogen-bond acceptors (Lipinski definition) is 1. The molecule has 20 heavy (non-hydrogen) atoms. The number of rotatable bonds is 6. The van der Waals surface area contributed by atoms with E-state index in [0.717, 1.165) is 11.0 Å². The van der Waals surface area contributed by atoms with Crippen LogP contribution in [-0.2, 0) is 11.2 Å². The highest BCUT2D eigenvalue weighted by Gasteiger charge is 2.32. The molecule has 1 aromatic carbocycles. The van der Waals surface area contributed by atoms with Gasteiger partial charge in [-0.15, -0.1) is 0 Å². The molecule has 1 rings (SSSR count). The number of carbonyl (C=O) groups excluding carboxylic acids is 1. The Morgan fingerprint density at radius 1 is 1.30 bits per heavy atom. The number of alkyl halides is 3. The van der Waals surface area contributed by atoms with Crippen molar-refractivity contribution in [2.45, 2.75) is 32.4 Å². The van der Waals surface area contributed by atoms with Crippen LogP contribution in [0, 0.1) is 5.82 Å². The van der Waals surface area contributed by atoms with E-state index in [0.29, 0.717) is 18.4 Å². The van der Waals surface area contributed by atoms with Crippen LogP contribution < -0.4 is 0 Å². The predicted octanol–water partition coefficient (Wildman–Crippen LogP) is 3.56. The molecule has 1 amide bonds. The standard InChI is InChI=1S/C14H17F4NO/c1-2-3-7-19(10-14(16,17)18)13(20)9-11-5-4-6-12(15)8-11/h4-6,8H,2-3,7,9-10H2,1H3. The Bertz CT molecular complexity index is 445. The monoisotopic (exact) mass is 291 g/mol. The van der Waals surface area contributed by atoms with Gasteiger partial charge in [-0.3, -0.25) is 4.79 Å². The minimum absolute atomic E-state index is 0.0597. The molecule has 0 atom stereocenters. The molecule has 0 radical (unpaired) electrons. The highest BCUT2D eigenvalue weighted by atomic mass is 19.4. The summed E-state index contributed by atoms with van der Waals surface area (Å²) >= 11 is 0. The van der Waals surface area contributed by atoms with Gasteiger partial charge in [-0.25, -0.2) is 4.39 Å². The highest BCUT2D eigenvalue weighted by molar-refractivity contribution is 5.78.